The molecule has 0 aliphatic rings. The summed E-state index contributed by atoms with van der Waals surface area (Å²) in [5.74, 6) is 0.975. The Kier molecular flexibility index (Phi) is 4.67. The Balaban J connectivity index is 1.23. The van der Waals surface area contributed by atoms with E-state index in [1.54, 1.807) is 31.0 Å². The van der Waals surface area contributed by atoms with E-state index < -0.39 is 0 Å². The van der Waals surface area contributed by atoms with E-state index in [2.05, 4.69) is 40.3 Å². The summed E-state index contributed by atoms with van der Waals surface area (Å²) in [5, 5.41) is 22.7. The minimum Gasteiger partial charge on any atom is -0.264 e. The van der Waals surface area contributed by atoms with E-state index in [-0.39, 0.29) is 0 Å². The minimum atomic E-state index is 0.486. The molecule has 10 nitrogen and oxygen atoms in total. The first-order chi connectivity index (χ1) is 20.8. The molecule has 0 radical (unpaired) electrons. The van der Waals surface area contributed by atoms with Crippen LogP contribution in [0.1, 0.15) is 0 Å². The lowest BCUT2D eigenvalue weighted by Gasteiger charge is -2.09. The lowest BCUT2D eigenvalue weighted by molar-refractivity contribution is 1.03. The van der Waals surface area contributed by atoms with E-state index in [0.717, 1.165) is 65.6 Å². The molecule has 0 spiro atoms. The van der Waals surface area contributed by atoms with Crippen LogP contribution in [0.2, 0.25) is 0 Å². The maximum absolute atomic E-state index is 4.98. The monoisotopic (exact) mass is 540 g/mol. The molecular weight excluding hydrogens is 524 g/mol. The van der Waals surface area contributed by atoms with Crippen LogP contribution in [0.15, 0.2) is 97.7 Å². The van der Waals surface area contributed by atoms with Crippen molar-refractivity contribution in [2.24, 2.45) is 0 Å². The van der Waals surface area contributed by atoms with Crippen LogP contribution in [0.4, 0.5) is 0 Å². The van der Waals surface area contributed by atoms with Crippen molar-refractivity contribution < 1.29 is 0 Å². The Labute approximate surface area is 236 Å². The third-order valence-electron chi connectivity index (χ3n) is 7.50. The average Bonchev–Trinajstić information content (AvgIpc) is 3.08. The molecular formula is C32H16N10. The maximum atomic E-state index is 4.98. The summed E-state index contributed by atoms with van der Waals surface area (Å²) in [7, 11) is 0. The maximum Gasteiger partial charge on any atom is 0.182 e. The van der Waals surface area contributed by atoms with Gasteiger partial charge < -0.3 is 0 Å². The zero-order valence-electron chi connectivity index (χ0n) is 21.7. The van der Waals surface area contributed by atoms with Gasteiger partial charge in [-0.15, -0.1) is 20.4 Å². The van der Waals surface area contributed by atoms with E-state index in [4.69, 9.17) is 9.97 Å². The summed E-state index contributed by atoms with van der Waals surface area (Å²) in [6.45, 7) is 0. The Bertz CT molecular complexity index is 2300. The molecule has 9 rings (SSSR count). The fourth-order valence-corrected chi connectivity index (χ4v) is 5.60. The molecule has 0 unspecified atom stereocenters. The highest BCUT2D eigenvalue weighted by atomic mass is 15.2. The lowest BCUT2D eigenvalue weighted by atomic mass is 10.1. The summed E-state index contributed by atoms with van der Waals surface area (Å²) >= 11 is 0. The molecule has 42 heavy (non-hydrogen) atoms. The highest BCUT2D eigenvalue weighted by Crippen LogP contribution is 2.33. The molecule has 0 amide bonds. The smallest absolute Gasteiger partial charge is 0.182 e. The van der Waals surface area contributed by atoms with Gasteiger partial charge in [-0.25, -0.2) is 9.97 Å². The van der Waals surface area contributed by atoms with E-state index in [1.807, 2.05) is 66.7 Å². The van der Waals surface area contributed by atoms with Gasteiger partial charge in [-0.3, -0.25) is 19.9 Å². The molecule has 0 saturated heterocycles. The molecule has 3 aromatic carbocycles. The van der Waals surface area contributed by atoms with Gasteiger partial charge in [0.2, 0.25) is 0 Å². The van der Waals surface area contributed by atoms with E-state index in [1.165, 1.54) is 0 Å². The van der Waals surface area contributed by atoms with Crippen LogP contribution in [-0.2, 0) is 0 Å². The van der Waals surface area contributed by atoms with Crippen LogP contribution in [0.5, 0.6) is 0 Å². The molecule has 0 fully saturated rings. The van der Waals surface area contributed by atoms with Crippen LogP contribution < -0.4 is 0 Å². The number of hydrogen-bond acceptors (Lipinski definition) is 10. The van der Waals surface area contributed by atoms with E-state index in [9.17, 15) is 0 Å². The Morgan fingerprint density at radius 3 is 1.57 bits per heavy atom. The summed E-state index contributed by atoms with van der Waals surface area (Å²) in [6.07, 6.45) is 8.84. The summed E-state index contributed by atoms with van der Waals surface area (Å²) in [6, 6.07) is 21.3. The molecule has 10 heteroatoms. The molecule has 0 saturated carbocycles. The summed E-state index contributed by atoms with van der Waals surface area (Å²) in [5.41, 5.74) is 6.79. The van der Waals surface area contributed by atoms with Crippen molar-refractivity contribution in [2.45, 2.75) is 0 Å². The van der Waals surface area contributed by atoms with Gasteiger partial charge in [0.1, 0.15) is 22.1 Å². The lowest BCUT2D eigenvalue weighted by Crippen LogP contribution is -1.99. The van der Waals surface area contributed by atoms with Crippen molar-refractivity contribution in [1.82, 2.24) is 50.3 Å². The van der Waals surface area contributed by atoms with E-state index >= 15 is 0 Å². The minimum absolute atomic E-state index is 0.486. The van der Waals surface area contributed by atoms with Gasteiger partial charge in [0.05, 0.1) is 16.6 Å². The first kappa shape index (κ1) is 22.6. The van der Waals surface area contributed by atoms with Crippen LogP contribution >= 0.6 is 0 Å². The van der Waals surface area contributed by atoms with Crippen molar-refractivity contribution in [1.29, 1.82) is 0 Å². The van der Waals surface area contributed by atoms with Crippen LogP contribution in [-0.4, -0.2) is 50.3 Å². The first-order valence-electron chi connectivity index (χ1n) is 13.2. The number of benzene rings is 3. The third-order valence-corrected chi connectivity index (χ3v) is 7.50. The van der Waals surface area contributed by atoms with Crippen molar-refractivity contribution in [3.8, 4) is 22.8 Å². The van der Waals surface area contributed by atoms with Gasteiger partial charge in [0, 0.05) is 69.0 Å². The van der Waals surface area contributed by atoms with Gasteiger partial charge >= 0.3 is 0 Å². The van der Waals surface area contributed by atoms with Gasteiger partial charge in [-0.05, 0) is 48.5 Å². The topological polar surface area (TPSA) is 129 Å². The number of hydrogen-bond donors (Lipinski definition) is 0. The number of aromatic nitrogens is 10. The quantitative estimate of drug-likeness (QED) is 0.245. The van der Waals surface area contributed by atoms with Crippen molar-refractivity contribution in [3.05, 3.63) is 97.7 Å². The zero-order valence-corrected chi connectivity index (χ0v) is 21.7. The summed E-state index contributed by atoms with van der Waals surface area (Å²) < 4.78 is 0. The van der Waals surface area contributed by atoms with E-state index in [0.29, 0.717) is 22.7 Å². The van der Waals surface area contributed by atoms with Crippen LogP contribution in [0.3, 0.4) is 0 Å². The molecule has 0 N–H and O–H groups in total. The number of pyridine rings is 4. The second kappa shape index (κ2) is 8.67. The molecule has 0 atom stereocenters. The Morgan fingerprint density at radius 2 is 0.929 bits per heavy atom. The number of nitrogens with zero attached hydrogens (tertiary/aromatic N) is 10. The fourth-order valence-electron chi connectivity index (χ4n) is 5.60. The molecule has 0 bridgehead atoms. The first-order valence-corrected chi connectivity index (χ1v) is 13.2. The summed E-state index contributed by atoms with van der Waals surface area (Å²) in [4.78, 5) is 28.0. The van der Waals surface area contributed by atoms with Crippen LogP contribution in [0.25, 0.3) is 88.3 Å². The fraction of sp³-hybridized carbons (Fsp3) is 0. The Hall–Kier alpha value is -6.16. The molecule has 0 aliphatic heterocycles. The standard InChI is InChI=1S/C32H16N10/c1-5-17(31-37-27-20-7-2-11-34-24(20)23-16-33-14-10-19(23)29(27)39-41-31)15-18(6-1)32-38-28-21-8-3-12-35-25(21)26-22(9-4-13-36-26)30(28)40-42-32/h1-16H. The zero-order chi connectivity index (χ0) is 27.6. The predicted molar refractivity (Wildman–Crippen MR) is 160 cm³/mol. The molecule has 0 aliphatic carbocycles. The number of rotatable bonds is 2. The average molecular weight is 541 g/mol. The molecule has 6 aromatic heterocycles. The number of fused-ring (bicyclic) bond motifs is 12. The second-order valence-electron chi connectivity index (χ2n) is 9.87. The SMILES string of the molecule is c1cc(-c2nnc3c4ccncc4c4ncccc4c3n2)cc(-c2nnc3c4cccnc4c4ncccc4c3n2)c1. The molecule has 194 valence electrons. The second-order valence-corrected chi connectivity index (χ2v) is 9.87. The van der Waals surface area contributed by atoms with Gasteiger partial charge in [0.15, 0.2) is 11.6 Å². The van der Waals surface area contributed by atoms with Crippen molar-refractivity contribution >= 4 is 65.5 Å². The molecule has 6 heterocycles. The third kappa shape index (κ3) is 3.26. The Morgan fingerprint density at radius 1 is 0.381 bits per heavy atom. The van der Waals surface area contributed by atoms with Gasteiger partial charge in [0.25, 0.3) is 0 Å². The van der Waals surface area contributed by atoms with Crippen molar-refractivity contribution in [3.63, 3.8) is 0 Å². The predicted octanol–water partition coefficient (Wildman–Crippen LogP) is 5.89. The largest absolute Gasteiger partial charge is 0.264 e. The highest BCUT2D eigenvalue weighted by molar-refractivity contribution is 6.22. The molecule has 9 aromatic rings. The van der Waals surface area contributed by atoms with Crippen molar-refractivity contribution in [2.75, 3.05) is 0 Å². The van der Waals surface area contributed by atoms with Crippen LogP contribution in [0, 0.1) is 0 Å². The van der Waals surface area contributed by atoms with Gasteiger partial charge in [-0.1, -0.05) is 18.2 Å². The normalized spacial score (nSPS) is 11.8. The highest BCUT2D eigenvalue weighted by Gasteiger charge is 2.17. The van der Waals surface area contributed by atoms with Gasteiger partial charge in [-0.2, -0.15) is 0 Å².